The van der Waals surface area contributed by atoms with Crippen molar-refractivity contribution < 1.29 is 24.2 Å². The van der Waals surface area contributed by atoms with Gasteiger partial charge in [0.25, 0.3) is 5.91 Å². The molecule has 198 valence electrons. The molecule has 0 radical (unpaired) electrons. The third-order valence-corrected chi connectivity index (χ3v) is 8.39. The third-order valence-electron chi connectivity index (χ3n) is 8.39. The predicted octanol–water partition coefficient (Wildman–Crippen LogP) is 1.43. The number of aliphatic hydroxyl groups is 1. The van der Waals surface area contributed by atoms with E-state index in [0.29, 0.717) is 13.1 Å². The molecule has 5 rings (SSSR count). The Morgan fingerprint density at radius 1 is 0.973 bits per heavy atom. The Labute approximate surface area is 217 Å². The van der Waals surface area contributed by atoms with Crippen LogP contribution in [-0.2, 0) is 19.1 Å². The highest BCUT2D eigenvalue weighted by Gasteiger charge is 2.74. The van der Waals surface area contributed by atoms with Crippen molar-refractivity contribution >= 4 is 29.1 Å². The van der Waals surface area contributed by atoms with Crippen LogP contribution < -0.4 is 9.80 Å². The quantitative estimate of drug-likeness (QED) is 0.585. The second-order valence-corrected chi connectivity index (χ2v) is 10.4. The summed E-state index contributed by atoms with van der Waals surface area (Å²) < 4.78 is 6.71. The van der Waals surface area contributed by atoms with Crippen LogP contribution in [0.25, 0.3) is 0 Å². The van der Waals surface area contributed by atoms with Gasteiger partial charge in [-0.15, -0.1) is 0 Å². The predicted molar refractivity (Wildman–Crippen MR) is 140 cm³/mol. The Hall–Kier alpha value is -3.17. The van der Waals surface area contributed by atoms with E-state index in [4.69, 9.17) is 4.74 Å². The van der Waals surface area contributed by atoms with Crippen molar-refractivity contribution in [2.45, 2.75) is 38.0 Å². The SMILES string of the molecule is CCN(CC)c1ccc(N2CC=C[C@]34O[C@]5(C)C=CCN(C)C(=O)[C@@H]5[C@H]3C(=O)N(CCO)C4C2=O)cc1. The number of ether oxygens (including phenoxy) is 1. The summed E-state index contributed by atoms with van der Waals surface area (Å²) in [5, 5.41) is 9.82. The standard InChI is InChI=1S/C28H36N4O5/c1-5-30(6-2)19-9-11-20(12-10-19)31-16-8-14-28-22(25(35)32(17-18-33)23(28)26(31)36)21-24(34)29(4)15-7-13-27(21,3)37-28/h7-14,21-23,33H,5-6,15-18H2,1-4H3/t21-,22-,23?,27+,28-/m0/s1. The molecule has 4 aliphatic rings. The van der Waals surface area contributed by atoms with Crippen LogP contribution in [0.1, 0.15) is 20.8 Å². The van der Waals surface area contributed by atoms with E-state index in [1.54, 1.807) is 16.8 Å². The zero-order valence-corrected chi connectivity index (χ0v) is 22.0. The van der Waals surface area contributed by atoms with E-state index in [0.717, 1.165) is 24.5 Å². The van der Waals surface area contributed by atoms with Crippen molar-refractivity contribution in [3.63, 3.8) is 0 Å². The van der Waals surface area contributed by atoms with E-state index in [1.807, 2.05) is 55.5 Å². The zero-order valence-electron chi connectivity index (χ0n) is 22.0. The molecule has 1 aromatic carbocycles. The first-order chi connectivity index (χ1) is 17.7. The van der Waals surface area contributed by atoms with Crippen molar-refractivity contribution in [2.24, 2.45) is 11.8 Å². The summed E-state index contributed by atoms with van der Waals surface area (Å²) in [5.41, 5.74) is -0.549. The van der Waals surface area contributed by atoms with Crippen LogP contribution in [0.15, 0.2) is 48.6 Å². The Bertz CT molecular complexity index is 1150. The van der Waals surface area contributed by atoms with Crippen molar-refractivity contribution in [1.82, 2.24) is 9.80 Å². The van der Waals surface area contributed by atoms with Gasteiger partial charge in [0.05, 0.1) is 24.0 Å². The van der Waals surface area contributed by atoms with E-state index in [2.05, 4.69) is 18.7 Å². The number of β-amino-alcohol motifs (C(OH)–C–C–N with tert-alkyl or cyclic N) is 1. The van der Waals surface area contributed by atoms with Gasteiger partial charge in [-0.1, -0.05) is 24.3 Å². The fourth-order valence-electron chi connectivity index (χ4n) is 6.65. The number of hydrogen-bond acceptors (Lipinski definition) is 6. The molecule has 0 aliphatic carbocycles. The van der Waals surface area contributed by atoms with Gasteiger partial charge in [0.15, 0.2) is 0 Å². The van der Waals surface area contributed by atoms with Crippen molar-refractivity contribution in [3.8, 4) is 0 Å². The third kappa shape index (κ3) is 3.70. The van der Waals surface area contributed by atoms with Crippen LogP contribution in [0, 0.1) is 11.8 Å². The summed E-state index contributed by atoms with van der Waals surface area (Å²) in [6, 6.07) is 6.85. The van der Waals surface area contributed by atoms with Gasteiger partial charge in [-0.2, -0.15) is 0 Å². The van der Waals surface area contributed by atoms with E-state index >= 15 is 0 Å². The Kier molecular flexibility index (Phi) is 6.40. The van der Waals surface area contributed by atoms with E-state index in [1.165, 1.54) is 4.90 Å². The van der Waals surface area contributed by atoms with Gasteiger partial charge in [0.2, 0.25) is 11.8 Å². The molecule has 0 aromatic heterocycles. The molecule has 2 saturated heterocycles. The summed E-state index contributed by atoms with van der Waals surface area (Å²) in [6.45, 7) is 8.22. The van der Waals surface area contributed by atoms with Gasteiger partial charge < -0.3 is 29.4 Å². The van der Waals surface area contributed by atoms with Crippen molar-refractivity contribution in [3.05, 3.63) is 48.6 Å². The Morgan fingerprint density at radius 3 is 2.30 bits per heavy atom. The normalized spacial score (nSPS) is 32.8. The van der Waals surface area contributed by atoms with E-state index < -0.39 is 29.1 Å². The highest BCUT2D eigenvalue weighted by molar-refractivity contribution is 6.06. The molecule has 1 spiro atoms. The zero-order chi connectivity index (χ0) is 26.5. The Balaban J connectivity index is 1.57. The number of anilines is 2. The molecule has 4 heterocycles. The lowest BCUT2D eigenvalue weighted by molar-refractivity contribution is -0.148. The molecule has 1 unspecified atom stereocenters. The van der Waals surface area contributed by atoms with Gasteiger partial charge in [-0.25, -0.2) is 0 Å². The van der Waals surface area contributed by atoms with Crippen LogP contribution in [0.5, 0.6) is 0 Å². The number of rotatable bonds is 6. The second-order valence-electron chi connectivity index (χ2n) is 10.4. The molecule has 4 aliphatic heterocycles. The lowest BCUT2D eigenvalue weighted by Crippen LogP contribution is -2.56. The highest BCUT2D eigenvalue weighted by Crippen LogP contribution is 2.57. The largest absolute Gasteiger partial charge is 0.395 e. The van der Waals surface area contributed by atoms with Gasteiger partial charge >= 0.3 is 0 Å². The molecule has 0 saturated carbocycles. The van der Waals surface area contributed by atoms with Gasteiger partial charge in [-0.3, -0.25) is 14.4 Å². The summed E-state index contributed by atoms with van der Waals surface area (Å²) in [5.74, 6) is -2.43. The number of fused-ring (bicyclic) bond motifs is 2. The average molecular weight is 509 g/mol. The number of likely N-dealkylation sites (tertiary alicyclic amines) is 1. The van der Waals surface area contributed by atoms with Crippen LogP contribution >= 0.6 is 0 Å². The Morgan fingerprint density at radius 2 is 1.65 bits per heavy atom. The van der Waals surface area contributed by atoms with E-state index in [9.17, 15) is 19.5 Å². The lowest BCUT2D eigenvalue weighted by atomic mass is 9.74. The number of aliphatic hydroxyl groups excluding tert-OH is 1. The van der Waals surface area contributed by atoms with Crippen molar-refractivity contribution in [1.29, 1.82) is 0 Å². The number of benzene rings is 1. The van der Waals surface area contributed by atoms with Crippen LogP contribution in [-0.4, -0.2) is 96.3 Å². The molecule has 0 bridgehead atoms. The van der Waals surface area contributed by atoms with Gasteiger partial charge in [-0.05, 0) is 45.0 Å². The molecular weight excluding hydrogens is 472 g/mol. The van der Waals surface area contributed by atoms with Crippen molar-refractivity contribution in [2.75, 3.05) is 56.2 Å². The fraction of sp³-hybridized carbons (Fsp3) is 0.536. The fourth-order valence-corrected chi connectivity index (χ4v) is 6.65. The minimum absolute atomic E-state index is 0.0112. The number of carbonyl (C=O) groups excluding carboxylic acids is 3. The number of amides is 3. The smallest absolute Gasteiger partial charge is 0.253 e. The van der Waals surface area contributed by atoms with Gasteiger partial charge in [0, 0.05) is 51.1 Å². The highest BCUT2D eigenvalue weighted by atomic mass is 16.5. The first kappa shape index (κ1) is 25.5. The first-order valence-electron chi connectivity index (χ1n) is 13.1. The molecule has 37 heavy (non-hydrogen) atoms. The number of carbonyl (C=O) groups is 3. The maximum Gasteiger partial charge on any atom is 0.253 e. The lowest BCUT2D eigenvalue weighted by Gasteiger charge is -2.37. The minimum atomic E-state index is -1.31. The molecule has 1 aromatic rings. The molecule has 3 amide bonds. The second kappa shape index (κ2) is 9.29. The van der Waals surface area contributed by atoms with Crippen LogP contribution in [0.3, 0.4) is 0 Å². The molecule has 2 fully saturated rings. The number of hydrogen-bond donors (Lipinski definition) is 1. The summed E-state index contributed by atoms with van der Waals surface area (Å²) in [7, 11) is 1.71. The minimum Gasteiger partial charge on any atom is -0.395 e. The van der Waals surface area contributed by atoms with Crippen LogP contribution in [0.4, 0.5) is 11.4 Å². The number of likely N-dealkylation sites (N-methyl/N-ethyl adjacent to an activating group) is 1. The topological polar surface area (TPSA) is 93.6 Å². The van der Waals surface area contributed by atoms with Crippen LogP contribution in [0.2, 0.25) is 0 Å². The molecule has 1 N–H and O–H groups in total. The van der Waals surface area contributed by atoms with Gasteiger partial charge in [0.1, 0.15) is 11.6 Å². The number of nitrogens with zero attached hydrogens (tertiary/aromatic N) is 4. The summed E-state index contributed by atoms with van der Waals surface area (Å²) >= 11 is 0. The maximum absolute atomic E-state index is 14.3. The average Bonchev–Trinajstić information content (AvgIpc) is 3.15. The van der Waals surface area contributed by atoms with E-state index in [-0.39, 0.29) is 30.9 Å². The first-order valence-corrected chi connectivity index (χ1v) is 13.1. The monoisotopic (exact) mass is 508 g/mol. The maximum atomic E-state index is 14.3. The summed E-state index contributed by atoms with van der Waals surface area (Å²) in [6.07, 6.45) is 7.43. The molecule has 9 heteroatoms. The summed E-state index contributed by atoms with van der Waals surface area (Å²) in [4.78, 5) is 48.6. The molecule has 9 nitrogen and oxygen atoms in total. The molecular formula is C28H36N4O5. The molecule has 5 atom stereocenters.